The predicted molar refractivity (Wildman–Crippen MR) is 112 cm³/mol. The number of hydrogen-bond acceptors (Lipinski definition) is 5. The lowest BCUT2D eigenvalue weighted by molar-refractivity contribution is -0.126. The quantitative estimate of drug-likeness (QED) is 0.624. The molecule has 0 aliphatic carbocycles. The van der Waals surface area contributed by atoms with Crippen LogP contribution in [0.2, 0.25) is 0 Å². The van der Waals surface area contributed by atoms with E-state index in [0.717, 1.165) is 5.56 Å². The molecule has 0 radical (unpaired) electrons. The van der Waals surface area contributed by atoms with Crippen LogP contribution in [-0.2, 0) is 11.3 Å². The second kappa shape index (κ2) is 9.05. The number of aromatic amines is 1. The van der Waals surface area contributed by atoms with Crippen LogP contribution in [0.4, 0.5) is 0 Å². The van der Waals surface area contributed by atoms with Gasteiger partial charge in [-0.25, -0.2) is 4.98 Å². The number of carbonyl (C=O) groups is 1. The average molecular weight is 393 g/mol. The molecule has 29 heavy (non-hydrogen) atoms. The van der Waals surface area contributed by atoms with E-state index >= 15 is 0 Å². The van der Waals surface area contributed by atoms with Gasteiger partial charge in [-0.1, -0.05) is 12.1 Å². The van der Waals surface area contributed by atoms with E-state index < -0.39 is 0 Å². The van der Waals surface area contributed by atoms with Crippen LogP contribution < -0.4 is 15.0 Å². The number of likely N-dealkylation sites (N-methyl/N-ethyl adjacent to an activating group) is 1. The average Bonchev–Trinajstić information content (AvgIpc) is 2.75. The van der Waals surface area contributed by atoms with Crippen molar-refractivity contribution in [3.05, 3.63) is 70.3 Å². The van der Waals surface area contributed by atoms with Crippen molar-refractivity contribution >= 4 is 22.9 Å². The molecule has 1 amide bonds. The molecule has 3 aromatic rings. The highest BCUT2D eigenvalue weighted by molar-refractivity contribution is 5.92. The van der Waals surface area contributed by atoms with Crippen molar-refractivity contribution in [3.8, 4) is 11.5 Å². The zero-order valence-electron chi connectivity index (χ0n) is 16.6. The summed E-state index contributed by atoms with van der Waals surface area (Å²) in [6, 6.07) is 12.5. The highest BCUT2D eigenvalue weighted by atomic mass is 16.5. The Labute approximate surface area is 168 Å². The van der Waals surface area contributed by atoms with Crippen molar-refractivity contribution in [1.82, 2.24) is 14.9 Å². The number of methoxy groups -OCH3 is 2. The van der Waals surface area contributed by atoms with E-state index in [1.54, 1.807) is 61.6 Å². The molecule has 0 unspecified atom stereocenters. The van der Waals surface area contributed by atoms with Crippen molar-refractivity contribution in [3.63, 3.8) is 0 Å². The van der Waals surface area contributed by atoms with Crippen molar-refractivity contribution in [2.75, 3.05) is 20.8 Å². The summed E-state index contributed by atoms with van der Waals surface area (Å²) in [5.74, 6) is 1.55. The molecule has 0 saturated heterocycles. The number of hydrogen-bond donors (Lipinski definition) is 1. The summed E-state index contributed by atoms with van der Waals surface area (Å²) in [5, 5.41) is 0.524. The zero-order valence-corrected chi connectivity index (χ0v) is 16.6. The highest BCUT2D eigenvalue weighted by Gasteiger charge is 2.12. The first-order valence-electron chi connectivity index (χ1n) is 9.22. The third kappa shape index (κ3) is 4.63. The lowest BCUT2D eigenvalue weighted by atomic mass is 10.1. The molecule has 0 saturated carbocycles. The van der Waals surface area contributed by atoms with Gasteiger partial charge >= 0.3 is 0 Å². The van der Waals surface area contributed by atoms with Gasteiger partial charge in [0.25, 0.3) is 5.56 Å². The molecule has 2 aromatic carbocycles. The minimum absolute atomic E-state index is 0.201. The van der Waals surface area contributed by atoms with Gasteiger partial charge in [-0.15, -0.1) is 0 Å². The van der Waals surface area contributed by atoms with Gasteiger partial charge in [0.05, 0.1) is 31.7 Å². The lowest BCUT2D eigenvalue weighted by Gasteiger charge is -2.18. The molecule has 0 spiro atoms. The first kappa shape index (κ1) is 20.1. The molecule has 0 aliphatic heterocycles. The fourth-order valence-electron chi connectivity index (χ4n) is 2.97. The van der Waals surface area contributed by atoms with E-state index in [-0.39, 0.29) is 18.0 Å². The first-order chi connectivity index (χ1) is 14.0. The Morgan fingerprint density at radius 1 is 1.17 bits per heavy atom. The molecule has 7 nitrogen and oxygen atoms in total. The number of rotatable bonds is 7. The van der Waals surface area contributed by atoms with Crippen LogP contribution in [0.25, 0.3) is 17.0 Å². The molecule has 3 rings (SSSR count). The highest BCUT2D eigenvalue weighted by Crippen LogP contribution is 2.25. The summed E-state index contributed by atoms with van der Waals surface area (Å²) in [5.41, 5.74) is 1.12. The third-order valence-corrected chi connectivity index (χ3v) is 4.54. The van der Waals surface area contributed by atoms with E-state index in [0.29, 0.717) is 34.8 Å². The first-order valence-corrected chi connectivity index (χ1v) is 9.22. The van der Waals surface area contributed by atoms with Crippen LogP contribution in [0.5, 0.6) is 11.5 Å². The number of benzene rings is 2. The Morgan fingerprint density at radius 3 is 2.69 bits per heavy atom. The second-order valence-electron chi connectivity index (χ2n) is 6.32. The fraction of sp³-hybridized carbons (Fsp3) is 0.227. The van der Waals surface area contributed by atoms with Crippen LogP contribution in [0, 0.1) is 0 Å². The molecule has 1 heterocycles. The summed E-state index contributed by atoms with van der Waals surface area (Å²) in [7, 11) is 3.15. The standard InChI is InChI=1S/C22H23N3O4/c1-4-25(14-20-23-18-8-6-5-7-17(18)22(27)24-20)21(26)12-9-15-13-16(28-2)10-11-19(15)29-3/h5-13H,4,14H2,1-3H3,(H,23,24,27)/b12-9+. The third-order valence-electron chi connectivity index (χ3n) is 4.54. The van der Waals surface area contributed by atoms with Crippen molar-refractivity contribution in [2.24, 2.45) is 0 Å². The Kier molecular flexibility index (Phi) is 6.29. The molecule has 7 heteroatoms. The molecule has 0 aliphatic rings. The molecule has 1 aromatic heterocycles. The maximum Gasteiger partial charge on any atom is 0.258 e. The van der Waals surface area contributed by atoms with Crippen molar-refractivity contribution < 1.29 is 14.3 Å². The number of para-hydroxylation sites is 1. The second-order valence-corrected chi connectivity index (χ2v) is 6.32. The van der Waals surface area contributed by atoms with Gasteiger partial charge in [0, 0.05) is 18.2 Å². The smallest absolute Gasteiger partial charge is 0.258 e. The van der Waals surface area contributed by atoms with Crippen molar-refractivity contribution in [2.45, 2.75) is 13.5 Å². The van der Waals surface area contributed by atoms with Gasteiger partial charge in [0.2, 0.25) is 5.91 Å². The Hall–Kier alpha value is -3.61. The van der Waals surface area contributed by atoms with E-state index in [4.69, 9.17) is 9.47 Å². The maximum atomic E-state index is 12.7. The van der Waals surface area contributed by atoms with Gasteiger partial charge in [0.1, 0.15) is 17.3 Å². The van der Waals surface area contributed by atoms with Crippen LogP contribution in [0.1, 0.15) is 18.3 Å². The van der Waals surface area contributed by atoms with Gasteiger partial charge in [-0.2, -0.15) is 0 Å². The molecule has 0 fully saturated rings. The molecule has 0 bridgehead atoms. The number of fused-ring (bicyclic) bond motifs is 1. The van der Waals surface area contributed by atoms with E-state index in [1.165, 1.54) is 6.08 Å². The number of aromatic nitrogens is 2. The topological polar surface area (TPSA) is 84.5 Å². The minimum Gasteiger partial charge on any atom is -0.497 e. The van der Waals surface area contributed by atoms with Gasteiger partial charge in [0.15, 0.2) is 0 Å². The maximum absolute atomic E-state index is 12.7. The summed E-state index contributed by atoms with van der Waals surface area (Å²) < 4.78 is 10.6. The molecule has 150 valence electrons. The fourth-order valence-corrected chi connectivity index (χ4v) is 2.97. The van der Waals surface area contributed by atoms with Gasteiger partial charge in [-0.05, 0) is 43.3 Å². The summed E-state index contributed by atoms with van der Waals surface area (Å²) in [6.07, 6.45) is 3.16. The van der Waals surface area contributed by atoms with Crippen molar-refractivity contribution in [1.29, 1.82) is 0 Å². The van der Waals surface area contributed by atoms with E-state index in [1.807, 2.05) is 13.0 Å². The van der Waals surface area contributed by atoms with Gasteiger partial charge < -0.3 is 19.4 Å². The zero-order chi connectivity index (χ0) is 20.8. The number of carbonyl (C=O) groups excluding carboxylic acids is 1. The molecular formula is C22H23N3O4. The normalized spacial score (nSPS) is 11.0. The number of nitrogens with zero attached hydrogens (tertiary/aromatic N) is 2. The SMILES string of the molecule is CCN(Cc1nc2ccccc2c(=O)[nH]1)C(=O)/C=C/c1cc(OC)ccc1OC. The number of H-pyrrole nitrogens is 1. The largest absolute Gasteiger partial charge is 0.497 e. The Balaban J connectivity index is 1.81. The summed E-state index contributed by atoms with van der Waals surface area (Å²) in [4.78, 5) is 33.8. The molecule has 0 atom stereocenters. The van der Waals surface area contributed by atoms with E-state index in [9.17, 15) is 9.59 Å². The lowest BCUT2D eigenvalue weighted by Crippen LogP contribution is -2.30. The van der Waals surface area contributed by atoms with Crippen LogP contribution in [-0.4, -0.2) is 41.5 Å². The number of ether oxygens (including phenoxy) is 2. The number of nitrogens with one attached hydrogen (secondary N) is 1. The number of amides is 1. The molecular weight excluding hydrogens is 370 g/mol. The summed E-state index contributed by atoms with van der Waals surface area (Å²) in [6.45, 7) is 2.54. The summed E-state index contributed by atoms with van der Waals surface area (Å²) >= 11 is 0. The minimum atomic E-state index is -0.217. The monoisotopic (exact) mass is 393 g/mol. The van der Waals surface area contributed by atoms with Crippen LogP contribution in [0.15, 0.2) is 53.3 Å². The van der Waals surface area contributed by atoms with Gasteiger partial charge in [-0.3, -0.25) is 9.59 Å². The van der Waals surface area contributed by atoms with Crippen LogP contribution in [0.3, 0.4) is 0 Å². The Morgan fingerprint density at radius 2 is 1.97 bits per heavy atom. The predicted octanol–water partition coefficient (Wildman–Crippen LogP) is 3.00. The van der Waals surface area contributed by atoms with E-state index in [2.05, 4.69) is 9.97 Å². The Bertz CT molecular complexity index is 1100. The van der Waals surface area contributed by atoms with Crippen LogP contribution >= 0.6 is 0 Å². The molecule has 1 N–H and O–H groups in total.